The van der Waals surface area contributed by atoms with Crippen molar-refractivity contribution in [1.82, 2.24) is 29.2 Å². The number of carbonyl (C=O) groups excluding carboxylic acids is 2. The van der Waals surface area contributed by atoms with Crippen molar-refractivity contribution in [3.05, 3.63) is 27.7 Å². The third kappa shape index (κ3) is 5.55. The molecule has 10 nitrogen and oxygen atoms in total. The van der Waals surface area contributed by atoms with Gasteiger partial charge in [0.2, 0.25) is 5.91 Å². The number of rotatable bonds is 8. The van der Waals surface area contributed by atoms with Crippen molar-refractivity contribution < 1.29 is 18.7 Å². The fourth-order valence-electron chi connectivity index (χ4n) is 7.08. The highest BCUT2D eigenvalue weighted by Crippen LogP contribution is 2.52. The van der Waals surface area contributed by atoms with Crippen molar-refractivity contribution in [3.63, 3.8) is 0 Å². The Labute approximate surface area is 273 Å². The maximum Gasteiger partial charge on any atom is 0.410 e. The Bertz CT molecular complexity index is 1660. The van der Waals surface area contributed by atoms with Gasteiger partial charge in [0, 0.05) is 63.9 Å². The summed E-state index contributed by atoms with van der Waals surface area (Å²) in [6.07, 6.45) is 2.86. The second-order valence-corrected chi connectivity index (χ2v) is 15.1. The largest absolute Gasteiger partial charge is 0.444 e. The number of halogens is 2. The number of benzene rings is 1. The molecule has 3 aliphatic heterocycles. The molecule has 7 rings (SSSR count). The van der Waals surface area contributed by atoms with Crippen LogP contribution in [0.3, 0.4) is 0 Å². The van der Waals surface area contributed by atoms with Crippen molar-refractivity contribution in [2.24, 2.45) is 5.92 Å². The molecule has 12 heteroatoms. The molecule has 3 aromatic rings. The van der Waals surface area contributed by atoms with Gasteiger partial charge in [0.05, 0.1) is 22.1 Å². The molecule has 2 bridgehead atoms. The number of anilines is 1. The van der Waals surface area contributed by atoms with Gasteiger partial charge in [0.1, 0.15) is 22.5 Å². The zero-order chi connectivity index (χ0) is 32.5. The summed E-state index contributed by atoms with van der Waals surface area (Å²) in [6.45, 7) is 9.84. The lowest BCUT2D eigenvalue weighted by Crippen LogP contribution is -2.57. The molecule has 1 saturated carbocycles. The fraction of sp³-hybridized carbons (Fsp3) is 0.636. The van der Waals surface area contributed by atoms with Gasteiger partial charge in [-0.15, -0.1) is 0 Å². The Hall–Kier alpha value is -2.99. The molecule has 2 amide bonds. The SMILES string of the molecule is CCCc1cc2c(nc(N3CC(N(C)C)C3)c3nc(CCC(=O)N(C)C)n(C4C5CC4N(C(=O)OC(C)(C)C)C5)c32)c(F)c1Br. The number of ether oxygens (including phenoxy) is 1. The summed E-state index contributed by atoms with van der Waals surface area (Å²) in [5.74, 6) is 1.28. The van der Waals surface area contributed by atoms with Gasteiger partial charge in [-0.1, -0.05) is 13.3 Å². The van der Waals surface area contributed by atoms with Gasteiger partial charge in [0.25, 0.3) is 0 Å². The molecular weight excluding hydrogens is 641 g/mol. The van der Waals surface area contributed by atoms with Crippen LogP contribution in [-0.4, -0.2) is 107 Å². The van der Waals surface area contributed by atoms with Gasteiger partial charge in [-0.05, 0) is 75.3 Å². The maximum absolute atomic E-state index is 16.3. The summed E-state index contributed by atoms with van der Waals surface area (Å²) in [6, 6.07) is 2.29. The molecule has 244 valence electrons. The van der Waals surface area contributed by atoms with Crippen molar-refractivity contribution in [2.75, 3.05) is 52.7 Å². The predicted molar refractivity (Wildman–Crippen MR) is 177 cm³/mol. The lowest BCUT2D eigenvalue weighted by Gasteiger charge is -2.43. The third-order valence-electron chi connectivity index (χ3n) is 9.58. The van der Waals surface area contributed by atoms with Crippen LogP contribution in [0.1, 0.15) is 64.4 Å². The fourth-order valence-corrected chi connectivity index (χ4v) is 7.58. The summed E-state index contributed by atoms with van der Waals surface area (Å²) in [5.41, 5.74) is 2.17. The molecule has 5 heterocycles. The van der Waals surface area contributed by atoms with E-state index < -0.39 is 5.60 Å². The smallest absolute Gasteiger partial charge is 0.410 e. The minimum atomic E-state index is -0.599. The Morgan fingerprint density at radius 1 is 1.09 bits per heavy atom. The first-order chi connectivity index (χ1) is 21.2. The predicted octanol–water partition coefficient (Wildman–Crippen LogP) is 5.39. The molecule has 3 saturated heterocycles. The van der Waals surface area contributed by atoms with Crippen molar-refractivity contribution in [1.29, 1.82) is 0 Å². The van der Waals surface area contributed by atoms with E-state index in [4.69, 9.17) is 14.7 Å². The third-order valence-corrected chi connectivity index (χ3v) is 10.4. The van der Waals surface area contributed by atoms with Crippen LogP contribution in [0.25, 0.3) is 21.9 Å². The number of pyridine rings is 1. The minimum absolute atomic E-state index is 0.0144. The summed E-state index contributed by atoms with van der Waals surface area (Å²) < 4.78 is 24.7. The molecule has 3 atom stereocenters. The van der Waals surface area contributed by atoms with Crippen LogP contribution in [0.15, 0.2) is 10.5 Å². The summed E-state index contributed by atoms with van der Waals surface area (Å²) >= 11 is 3.54. The molecule has 0 spiro atoms. The monoisotopic (exact) mass is 685 g/mol. The highest BCUT2D eigenvalue weighted by Gasteiger charge is 2.56. The number of amides is 2. The number of aromatic nitrogens is 3. The number of likely N-dealkylation sites (N-methyl/N-ethyl adjacent to an activating group) is 1. The van der Waals surface area contributed by atoms with Crippen LogP contribution >= 0.6 is 15.9 Å². The molecule has 1 aliphatic carbocycles. The average Bonchev–Trinajstić information content (AvgIpc) is 3.62. The van der Waals surface area contributed by atoms with E-state index in [1.54, 1.807) is 19.0 Å². The van der Waals surface area contributed by atoms with Gasteiger partial charge in [-0.25, -0.2) is 19.2 Å². The average molecular weight is 687 g/mol. The van der Waals surface area contributed by atoms with Gasteiger partial charge >= 0.3 is 6.09 Å². The number of imidazole rings is 1. The maximum atomic E-state index is 16.3. The number of carbonyl (C=O) groups is 2. The summed E-state index contributed by atoms with van der Waals surface area (Å²) in [7, 11) is 7.64. The second-order valence-electron chi connectivity index (χ2n) is 14.3. The van der Waals surface area contributed by atoms with E-state index in [-0.39, 0.29) is 35.8 Å². The van der Waals surface area contributed by atoms with Crippen molar-refractivity contribution in [2.45, 2.75) is 83.5 Å². The minimum Gasteiger partial charge on any atom is -0.444 e. The highest BCUT2D eigenvalue weighted by atomic mass is 79.9. The molecule has 3 unspecified atom stereocenters. The lowest BCUT2D eigenvalue weighted by atomic mass is 9.79. The van der Waals surface area contributed by atoms with E-state index >= 15 is 4.39 Å². The molecule has 4 fully saturated rings. The quantitative estimate of drug-likeness (QED) is 0.314. The van der Waals surface area contributed by atoms with Gasteiger partial charge < -0.3 is 28.9 Å². The van der Waals surface area contributed by atoms with Crippen LogP contribution in [-0.2, 0) is 22.4 Å². The van der Waals surface area contributed by atoms with Gasteiger partial charge in [-0.2, -0.15) is 0 Å². The number of nitrogens with zero attached hydrogens (tertiary/aromatic N) is 7. The normalized spacial score (nSPS) is 21.5. The van der Waals surface area contributed by atoms with Crippen LogP contribution in [0.4, 0.5) is 15.0 Å². The van der Waals surface area contributed by atoms with Gasteiger partial charge in [0.15, 0.2) is 11.6 Å². The van der Waals surface area contributed by atoms with Crippen LogP contribution in [0, 0.1) is 11.7 Å². The van der Waals surface area contributed by atoms with E-state index in [1.807, 2.05) is 25.7 Å². The Morgan fingerprint density at radius 3 is 2.42 bits per heavy atom. The number of fused-ring (bicyclic) bond motifs is 4. The number of hydrogen-bond donors (Lipinski definition) is 0. The summed E-state index contributed by atoms with van der Waals surface area (Å²) in [4.78, 5) is 44.1. The highest BCUT2D eigenvalue weighted by molar-refractivity contribution is 9.10. The lowest BCUT2D eigenvalue weighted by molar-refractivity contribution is -0.128. The van der Waals surface area contributed by atoms with Crippen LogP contribution < -0.4 is 4.90 Å². The van der Waals surface area contributed by atoms with E-state index in [2.05, 4.69) is 57.4 Å². The van der Waals surface area contributed by atoms with Crippen molar-refractivity contribution in [3.8, 4) is 0 Å². The molecule has 1 aromatic carbocycles. The molecular formula is C33H45BrFN7O3. The van der Waals surface area contributed by atoms with E-state index in [0.29, 0.717) is 47.7 Å². The molecule has 2 aromatic heterocycles. The van der Waals surface area contributed by atoms with E-state index in [1.165, 1.54) is 0 Å². The Morgan fingerprint density at radius 2 is 1.80 bits per heavy atom. The van der Waals surface area contributed by atoms with E-state index in [9.17, 15) is 9.59 Å². The first-order valence-electron chi connectivity index (χ1n) is 16.0. The number of hydrogen-bond acceptors (Lipinski definition) is 7. The van der Waals surface area contributed by atoms with Gasteiger partial charge in [-0.3, -0.25) is 4.79 Å². The van der Waals surface area contributed by atoms with Crippen LogP contribution in [0.5, 0.6) is 0 Å². The second kappa shape index (κ2) is 11.7. The standard InChI is InChI=1S/C33H45BrFN7O3/c1-9-10-18-13-21-27(26(35)25(18)34)37-31(40-16-20(17-40)38(5)6)28-30(21)42(23(36-28)11-12-24(43)39(7)8)29-19-14-22(29)41(15-19)32(44)45-33(2,3)4/h13,19-20,22,29H,9-12,14-17H2,1-8H3. The molecule has 45 heavy (non-hydrogen) atoms. The number of aryl methyl sites for hydroxylation is 2. The summed E-state index contributed by atoms with van der Waals surface area (Å²) in [5, 5.41) is 0.718. The van der Waals surface area contributed by atoms with E-state index in [0.717, 1.165) is 53.7 Å². The Balaban J connectivity index is 1.56. The molecule has 0 radical (unpaired) electrons. The molecule has 0 N–H and O–H groups in total. The Kier molecular flexibility index (Phi) is 8.29. The van der Waals surface area contributed by atoms with Crippen LogP contribution in [0.2, 0.25) is 0 Å². The zero-order valence-electron chi connectivity index (χ0n) is 27.7. The first-order valence-corrected chi connectivity index (χ1v) is 16.8. The topological polar surface area (TPSA) is 87.0 Å². The zero-order valence-corrected chi connectivity index (χ0v) is 29.2. The molecule has 4 aliphatic rings. The first kappa shape index (κ1) is 32.0. The van der Waals surface area contributed by atoms with Crippen molar-refractivity contribution >= 4 is 55.7 Å².